The minimum absolute atomic E-state index is 0.250. The Morgan fingerprint density at radius 3 is 2.00 bits per heavy atom. The number of rotatable bonds is 1. The quantitative estimate of drug-likeness (QED) is 0.427. The van der Waals surface area contributed by atoms with Crippen molar-refractivity contribution in [1.29, 1.82) is 0 Å². The first-order valence-corrected chi connectivity index (χ1v) is 1.39. The molecule has 2 N–H and O–H groups in total. The monoisotopic (exact) mass is 75.0 g/mol. The van der Waals surface area contributed by atoms with Crippen molar-refractivity contribution in [3.63, 3.8) is 0 Å². The van der Waals surface area contributed by atoms with Gasteiger partial charge in [-0.15, -0.1) is 0 Å². The molecule has 0 amide bonds. The van der Waals surface area contributed by atoms with Crippen LogP contribution < -0.4 is 0 Å². The summed E-state index contributed by atoms with van der Waals surface area (Å²) >= 11 is 0. The fourth-order valence-corrected chi connectivity index (χ4v) is 0. The molecule has 1 atom stereocenters. The molecule has 0 aromatic heterocycles. The zero-order chi connectivity index (χ0) is 4.28. The highest BCUT2D eigenvalue weighted by Gasteiger charge is 1.83. The van der Waals surface area contributed by atoms with Crippen LogP contribution in [-0.4, -0.2) is 22.9 Å². The molecule has 0 aliphatic heterocycles. The maximum Gasteiger partial charge on any atom is 0.0771 e. The van der Waals surface area contributed by atoms with E-state index in [1.54, 1.807) is 0 Å². The molecule has 2 heteroatoms. The molecule has 31 valence electrons. The van der Waals surface area contributed by atoms with Gasteiger partial charge < -0.3 is 10.2 Å². The number of hydrogen-bond acceptors (Lipinski definition) is 2. The standard InChI is InChI=1S/C3H7O2/c1-3(5)2-4/h3-5H,1-2H2/t3-/m0/s1. The first-order valence-electron chi connectivity index (χ1n) is 1.39. The summed E-state index contributed by atoms with van der Waals surface area (Å²) in [5, 5.41) is 15.8. The SMILES string of the molecule is [CH2][C@H](O)CO. The van der Waals surface area contributed by atoms with E-state index in [9.17, 15) is 0 Å². The van der Waals surface area contributed by atoms with Gasteiger partial charge in [0, 0.05) is 0 Å². The van der Waals surface area contributed by atoms with Gasteiger partial charge in [-0.2, -0.15) is 0 Å². The van der Waals surface area contributed by atoms with Crippen LogP contribution in [0.5, 0.6) is 0 Å². The summed E-state index contributed by atoms with van der Waals surface area (Å²) in [6.45, 7) is 2.81. The molecule has 0 aromatic carbocycles. The average molecular weight is 75.1 g/mol. The molecule has 1 radical (unpaired) electrons. The lowest BCUT2D eigenvalue weighted by atomic mass is 10.5. The van der Waals surface area contributed by atoms with E-state index in [1.807, 2.05) is 0 Å². The van der Waals surface area contributed by atoms with Gasteiger partial charge in [-0.05, 0) is 6.92 Å². The van der Waals surface area contributed by atoms with Gasteiger partial charge in [0.15, 0.2) is 0 Å². The molecule has 0 aliphatic rings. The van der Waals surface area contributed by atoms with Crippen LogP contribution in [0.15, 0.2) is 0 Å². The molecule has 0 heterocycles. The van der Waals surface area contributed by atoms with E-state index in [1.165, 1.54) is 0 Å². The molecule has 2 nitrogen and oxygen atoms in total. The fraction of sp³-hybridized carbons (Fsp3) is 0.667. The Hall–Kier alpha value is -0.0800. The summed E-state index contributed by atoms with van der Waals surface area (Å²) in [5.74, 6) is 0. The highest BCUT2D eigenvalue weighted by molar-refractivity contribution is 4.49. The second-order valence-electron chi connectivity index (χ2n) is 0.836. The van der Waals surface area contributed by atoms with Crippen LogP contribution in [0.4, 0.5) is 0 Å². The number of aliphatic hydroxyl groups excluding tert-OH is 2. The van der Waals surface area contributed by atoms with Crippen molar-refractivity contribution < 1.29 is 10.2 Å². The largest absolute Gasteiger partial charge is 0.394 e. The van der Waals surface area contributed by atoms with Gasteiger partial charge in [0.1, 0.15) is 0 Å². The van der Waals surface area contributed by atoms with Gasteiger partial charge in [-0.25, -0.2) is 0 Å². The second-order valence-corrected chi connectivity index (χ2v) is 0.836. The molecular formula is C3H7O2. The van der Waals surface area contributed by atoms with E-state index in [-0.39, 0.29) is 6.61 Å². The lowest BCUT2D eigenvalue weighted by Crippen LogP contribution is -2.04. The molecule has 0 fully saturated rings. The molecule has 0 spiro atoms. The van der Waals surface area contributed by atoms with Crippen molar-refractivity contribution in [2.45, 2.75) is 6.10 Å². The average Bonchev–Trinajstić information content (AvgIpc) is 1.38. The van der Waals surface area contributed by atoms with Crippen LogP contribution in [0, 0.1) is 6.92 Å². The van der Waals surface area contributed by atoms with Crippen molar-refractivity contribution in [3.8, 4) is 0 Å². The number of hydrogen-bond donors (Lipinski definition) is 2. The second kappa shape index (κ2) is 2.18. The summed E-state index contributed by atoms with van der Waals surface area (Å²) in [4.78, 5) is 0. The normalized spacial score (nSPS) is 15.0. The Morgan fingerprint density at radius 2 is 2.00 bits per heavy atom. The maximum atomic E-state index is 8.00. The van der Waals surface area contributed by atoms with Crippen LogP contribution >= 0.6 is 0 Å². The van der Waals surface area contributed by atoms with E-state index in [4.69, 9.17) is 10.2 Å². The van der Waals surface area contributed by atoms with E-state index in [0.29, 0.717) is 0 Å². The van der Waals surface area contributed by atoms with Gasteiger partial charge in [0.2, 0.25) is 0 Å². The summed E-state index contributed by atoms with van der Waals surface area (Å²) in [6.07, 6.45) is -0.810. The van der Waals surface area contributed by atoms with Crippen molar-refractivity contribution >= 4 is 0 Å². The van der Waals surface area contributed by atoms with E-state index < -0.39 is 6.10 Å². The molecule has 0 unspecified atom stereocenters. The van der Waals surface area contributed by atoms with E-state index in [2.05, 4.69) is 6.92 Å². The van der Waals surface area contributed by atoms with Gasteiger partial charge in [-0.1, -0.05) is 0 Å². The lowest BCUT2D eigenvalue weighted by molar-refractivity contribution is 0.129. The predicted molar refractivity (Wildman–Crippen MR) is 18.4 cm³/mol. The highest BCUT2D eigenvalue weighted by Crippen LogP contribution is 1.67. The Morgan fingerprint density at radius 1 is 1.80 bits per heavy atom. The summed E-state index contributed by atoms with van der Waals surface area (Å²) < 4.78 is 0. The highest BCUT2D eigenvalue weighted by atomic mass is 16.3. The molecule has 0 bridgehead atoms. The topological polar surface area (TPSA) is 40.5 Å². The molecule has 0 saturated heterocycles. The van der Waals surface area contributed by atoms with Crippen LogP contribution in [0.2, 0.25) is 0 Å². The van der Waals surface area contributed by atoms with Crippen molar-refractivity contribution in [3.05, 3.63) is 6.92 Å². The van der Waals surface area contributed by atoms with Gasteiger partial charge >= 0.3 is 0 Å². The first kappa shape index (κ1) is 4.92. The third kappa shape index (κ3) is 3.92. The van der Waals surface area contributed by atoms with Gasteiger partial charge in [-0.3, -0.25) is 0 Å². The zero-order valence-corrected chi connectivity index (χ0v) is 2.89. The molecular weight excluding hydrogens is 68.0 g/mol. The van der Waals surface area contributed by atoms with Gasteiger partial charge in [0.05, 0.1) is 12.7 Å². The van der Waals surface area contributed by atoms with Crippen LogP contribution in [-0.2, 0) is 0 Å². The fourth-order valence-electron chi connectivity index (χ4n) is 0. The van der Waals surface area contributed by atoms with Gasteiger partial charge in [0.25, 0.3) is 0 Å². The Labute approximate surface area is 31.1 Å². The summed E-state index contributed by atoms with van der Waals surface area (Å²) in [5.41, 5.74) is 0. The molecule has 0 rings (SSSR count). The van der Waals surface area contributed by atoms with Crippen LogP contribution in [0.1, 0.15) is 0 Å². The minimum Gasteiger partial charge on any atom is -0.394 e. The van der Waals surface area contributed by atoms with E-state index in [0.717, 1.165) is 0 Å². The molecule has 0 aliphatic carbocycles. The predicted octanol–water partition coefficient (Wildman–Crippen LogP) is -0.826. The maximum absolute atomic E-state index is 8.00. The minimum atomic E-state index is -0.810. The van der Waals surface area contributed by atoms with Crippen molar-refractivity contribution in [1.82, 2.24) is 0 Å². The van der Waals surface area contributed by atoms with Crippen LogP contribution in [0.25, 0.3) is 0 Å². The van der Waals surface area contributed by atoms with E-state index >= 15 is 0 Å². The summed E-state index contributed by atoms with van der Waals surface area (Å²) in [6, 6.07) is 0. The first-order chi connectivity index (χ1) is 2.27. The Balaban J connectivity index is 2.54. The van der Waals surface area contributed by atoms with Crippen molar-refractivity contribution in [2.75, 3.05) is 6.61 Å². The third-order valence-electron chi connectivity index (χ3n) is 0.211. The lowest BCUT2D eigenvalue weighted by Gasteiger charge is -1.89. The third-order valence-corrected chi connectivity index (χ3v) is 0.211. The molecule has 5 heavy (non-hydrogen) atoms. The smallest absolute Gasteiger partial charge is 0.0771 e. The molecule has 0 saturated carbocycles. The Kier molecular flexibility index (Phi) is 2.14. The zero-order valence-electron chi connectivity index (χ0n) is 2.89. The molecule has 0 aromatic rings. The van der Waals surface area contributed by atoms with Crippen molar-refractivity contribution in [2.24, 2.45) is 0 Å². The Bertz CT molecular complexity index is 18.9. The van der Waals surface area contributed by atoms with Crippen LogP contribution in [0.3, 0.4) is 0 Å². The number of aliphatic hydroxyl groups is 2. The summed E-state index contributed by atoms with van der Waals surface area (Å²) in [7, 11) is 0.